The number of carbonyl (C=O) groups excluding carboxylic acids is 2. The molecule has 1 saturated heterocycles. The van der Waals surface area contributed by atoms with Gasteiger partial charge in [0.05, 0.1) is 24.5 Å². The molecule has 1 amide bonds. The highest BCUT2D eigenvalue weighted by atomic mass is 19.3. The summed E-state index contributed by atoms with van der Waals surface area (Å²) >= 11 is 0. The molecule has 0 bridgehead atoms. The van der Waals surface area contributed by atoms with Crippen LogP contribution in [0.2, 0.25) is 0 Å². The number of carbonyl (C=O) groups is 2. The second kappa shape index (κ2) is 8.91. The third-order valence-corrected chi connectivity index (χ3v) is 5.85. The molecule has 0 saturated carbocycles. The fourth-order valence-electron chi connectivity index (χ4n) is 4.13. The van der Waals surface area contributed by atoms with Crippen molar-refractivity contribution in [1.29, 1.82) is 0 Å². The van der Waals surface area contributed by atoms with E-state index in [1.807, 2.05) is 18.2 Å². The first-order chi connectivity index (χ1) is 14.1. The van der Waals surface area contributed by atoms with Gasteiger partial charge in [-0.15, -0.1) is 0 Å². The van der Waals surface area contributed by atoms with Crippen LogP contribution in [-0.2, 0) is 9.59 Å². The lowest BCUT2D eigenvalue weighted by molar-refractivity contribution is -0.172. The second-order valence-electron chi connectivity index (χ2n) is 8.46. The van der Waals surface area contributed by atoms with Crippen molar-refractivity contribution in [1.82, 2.24) is 15.7 Å². The maximum absolute atomic E-state index is 13.9. The van der Waals surface area contributed by atoms with E-state index in [1.54, 1.807) is 0 Å². The van der Waals surface area contributed by atoms with Crippen LogP contribution in [0.1, 0.15) is 43.7 Å². The van der Waals surface area contributed by atoms with E-state index in [0.717, 1.165) is 18.2 Å². The van der Waals surface area contributed by atoms with Crippen LogP contribution in [0.3, 0.4) is 0 Å². The van der Waals surface area contributed by atoms with Gasteiger partial charge in [-0.3, -0.25) is 14.8 Å². The second-order valence-corrected chi connectivity index (χ2v) is 8.46. The molecule has 8 heteroatoms. The Morgan fingerprint density at radius 3 is 2.67 bits per heavy atom. The lowest BCUT2D eigenvalue weighted by Gasteiger charge is -2.38. The quantitative estimate of drug-likeness (QED) is 0.503. The first kappa shape index (κ1) is 22.5. The minimum atomic E-state index is -3.12. The zero-order valence-corrected chi connectivity index (χ0v) is 17.5. The van der Waals surface area contributed by atoms with E-state index in [-0.39, 0.29) is 10.8 Å². The number of hydroxylamine groups is 2. The van der Waals surface area contributed by atoms with Gasteiger partial charge >= 0.3 is 0 Å². The Hall–Kier alpha value is -2.16. The molecule has 6 nitrogen and oxygen atoms in total. The largest absolute Gasteiger partial charge is 0.304 e. The van der Waals surface area contributed by atoms with Crippen LogP contribution in [0, 0.1) is 5.92 Å². The van der Waals surface area contributed by atoms with E-state index in [9.17, 15) is 23.6 Å². The number of nitrogens with one attached hydrogen (secondary N) is 2. The highest BCUT2D eigenvalue weighted by Crippen LogP contribution is 2.33. The molecule has 3 N–H and O–H groups in total. The predicted octanol–water partition coefficient (Wildman–Crippen LogP) is 2.59. The Morgan fingerprint density at radius 2 is 2.00 bits per heavy atom. The number of alkyl halides is 2. The number of halogens is 2. The standard InChI is InChI=1S/C22H29F2N3O3/c1-13(2)14-5-4-6-15(9-14)16-7-8-25-18(10-16)20(28)19-17(21(29)27(3)30)11-22(23,24)12-26-19/h4-7,9,13,17-19,25-26,30H,8,10-12H2,1-3H3/t17-,18?,19-/m0/s1. The lowest BCUT2D eigenvalue weighted by Crippen LogP contribution is -2.61. The summed E-state index contributed by atoms with van der Waals surface area (Å²) in [5, 5.41) is 15.4. The first-order valence-electron chi connectivity index (χ1n) is 10.2. The van der Waals surface area contributed by atoms with Crippen molar-refractivity contribution in [2.24, 2.45) is 5.92 Å². The maximum atomic E-state index is 13.9. The number of Topliss-reactive ketones (excluding diaryl/α,β-unsaturated/α-hetero) is 1. The van der Waals surface area contributed by atoms with E-state index in [4.69, 9.17) is 0 Å². The Morgan fingerprint density at radius 1 is 1.27 bits per heavy atom. The number of piperidine rings is 1. The average molecular weight is 421 g/mol. The molecule has 30 heavy (non-hydrogen) atoms. The zero-order valence-electron chi connectivity index (χ0n) is 17.5. The molecule has 3 rings (SSSR count). The number of amides is 1. The van der Waals surface area contributed by atoms with Gasteiger partial charge < -0.3 is 10.6 Å². The summed E-state index contributed by atoms with van der Waals surface area (Å²) in [6.07, 6.45) is 1.66. The van der Waals surface area contributed by atoms with Gasteiger partial charge in [-0.05, 0) is 29.0 Å². The Labute approximate surface area is 175 Å². The fraction of sp³-hybridized carbons (Fsp3) is 0.545. The van der Waals surface area contributed by atoms with Crippen molar-refractivity contribution in [3.8, 4) is 0 Å². The molecule has 2 aliphatic heterocycles. The summed E-state index contributed by atoms with van der Waals surface area (Å²) in [6.45, 7) is 4.03. The number of hydrogen-bond acceptors (Lipinski definition) is 5. The van der Waals surface area contributed by atoms with Gasteiger partial charge in [0, 0.05) is 20.0 Å². The van der Waals surface area contributed by atoms with Crippen LogP contribution in [0.25, 0.3) is 5.57 Å². The summed E-state index contributed by atoms with van der Waals surface area (Å²) < 4.78 is 27.8. The van der Waals surface area contributed by atoms with Crippen LogP contribution < -0.4 is 10.6 Å². The van der Waals surface area contributed by atoms with Gasteiger partial charge in [0.25, 0.3) is 11.8 Å². The molecule has 1 aromatic carbocycles. The molecule has 0 radical (unpaired) electrons. The van der Waals surface area contributed by atoms with E-state index < -0.39 is 42.8 Å². The number of nitrogens with zero attached hydrogens (tertiary/aromatic N) is 1. The summed E-state index contributed by atoms with van der Waals surface area (Å²) in [7, 11) is 1.08. The van der Waals surface area contributed by atoms with Crippen LogP contribution in [-0.4, -0.2) is 60.1 Å². The Balaban J connectivity index is 1.78. The van der Waals surface area contributed by atoms with Gasteiger partial charge in [-0.25, -0.2) is 13.8 Å². The van der Waals surface area contributed by atoms with Gasteiger partial charge in [-0.2, -0.15) is 0 Å². The lowest BCUT2D eigenvalue weighted by atomic mass is 9.81. The molecular weight excluding hydrogens is 392 g/mol. The highest BCUT2D eigenvalue weighted by molar-refractivity contribution is 5.96. The maximum Gasteiger partial charge on any atom is 0.261 e. The fourth-order valence-corrected chi connectivity index (χ4v) is 4.13. The molecule has 2 aliphatic rings. The van der Waals surface area contributed by atoms with Gasteiger partial charge in [-0.1, -0.05) is 44.2 Å². The number of ketones is 1. The molecular formula is C22H29F2N3O3. The molecule has 0 spiro atoms. The van der Waals surface area contributed by atoms with Crippen LogP contribution in [0.4, 0.5) is 8.78 Å². The van der Waals surface area contributed by atoms with Crippen molar-refractivity contribution in [2.75, 3.05) is 20.1 Å². The zero-order chi connectivity index (χ0) is 22.1. The third-order valence-electron chi connectivity index (χ3n) is 5.85. The van der Waals surface area contributed by atoms with Gasteiger partial charge in [0.2, 0.25) is 0 Å². The number of rotatable bonds is 5. The van der Waals surface area contributed by atoms with Crippen molar-refractivity contribution in [3.05, 3.63) is 41.5 Å². The summed E-state index contributed by atoms with van der Waals surface area (Å²) in [5.74, 6) is -5.29. The first-order valence-corrected chi connectivity index (χ1v) is 10.2. The average Bonchev–Trinajstić information content (AvgIpc) is 2.72. The van der Waals surface area contributed by atoms with Crippen LogP contribution in [0.5, 0.6) is 0 Å². The molecule has 1 aromatic rings. The minimum Gasteiger partial charge on any atom is -0.304 e. The highest BCUT2D eigenvalue weighted by Gasteiger charge is 2.49. The normalized spacial score (nSPS) is 26.2. The Kier molecular flexibility index (Phi) is 6.69. The van der Waals surface area contributed by atoms with E-state index in [0.29, 0.717) is 18.9 Å². The van der Waals surface area contributed by atoms with Gasteiger partial charge in [0.15, 0.2) is 5.78 Å². The third kappa shape index (κ3) is 4.94. The van der Waals surface area contributed by atoms with E-state index in [1.165, 1.54) is 5.56 Å². The molecule has 1 fully saturated rings. The predicted molar refractivity (Wildman–Crippen MR) is 109 cm³/mol. The number of hydrogen-bond donors (Lipinski definition) is 3. The van der Waals surface area contributed by atoms with Crippen LogP contribution in [0.15, 0.2) is 30.3 Å². The smallest absolute Gasteiger partial charge is 0.261 e. The molecule has 2 heterocycles. The van der Waals surface area contributed by atoms with Gasteiger partial charge in [0.1, 0.15) is 0 Å². The van der Waals surface area contributed by atoms with Crippen molar-refractivity contribution in [2.45, 2.75) is 50.6 Å². The summed E-state index contributed by atoms with van der Waals surface area (Å²) in [5.41, 5.74) is 3.24. The van der Waals surface area contributed by atoms with E-state index >= 15 is 0 Å². The minimum absolute atomic E-state index is 0.283. The summed E-state index contributed by atoms with van der Waals surface area (Å²) in [4.78, 5) is 25.5. The van der Waals surface area contributed by atoms with E-state index in [2.05, 4.69) is 36.6 Å². The molecule has 0 aliphatic carbocycles. The van der Waals surface area contributed by atoms with Crippen molar-refractivity contribution >= 4 is 17.3 Å². The molecule has 1 unspecified atom stereocenters. The number of benzene rings is 1. The monoisotopic (exact) mass is 421 g/mol. The van der Waals surface area contributed by atoms with Crippen LogP contribution >= 0.6 is 0 Å². The summed E-state index contributed by atoms with van der Waals surface area (Å²) in [6, 6.07) is 6.47. The molecule has 164 valence electrons. The topological polar surface area (TPSA) is 81.7 Å². The van der Waals surface area contributed by atoms with Crippen molar-refractivity contribution in [3.63, 3.8) is 0 Å². The van der Waals surface area contributed by atoms with Crippen molar-refractivity contribution < 1.29 is 23.6 Å². The molecule has 3 atom stereocenters. The Bertz CT molecular complexity index is 839. The molecule has 0 aromatic heterocycles. The SMILES string of the molecule is CC(C)c1cccc(C2=CCNC(C(=O)[C@H]3NCC(F)(F)C[C@@H]3C(=O)N(C)O)C2)c1.